The van der Waals surface area contributed by atoms with E-state index in [0.29, 0.717) is 18.0 Å². The van der Waals surface area contributed by atoms with Gasteiger partial charge in [0.15, 0.2) is 11.5 Å². The molecule has 0 aliphatic carbocycles. The first kappa shape index (κ1) is 21.7. The molecule has 1 aliphatic rings. The number of nitrogens with zero attached hydrogens (tertiary/aromatic N) is 1. The molecule has 1 amide bonds. The molecule has 152 valence electrons. The van der Waals surface area contributed by atoms with Crippen molar-refractivity contribution < 1.29 is 14.3 Å². The van der Waals surface area contributed by atoms with Gasteiger partial charge < -0.3 is 25.4 Å². The summed E-state index contributed by atoms with van der Waals surface area (Å²) in [5.74, 6) is 1.31. The fraction of sp³-hybridized carbons (Fsp3) is 0.381. The summed E-state index contributed by atoms with van der Waals surface area (Å²) in [6.45, 7) is 3.21. The zero-order chi connectivity index (χ0) is 19.4. The van der Waals surface area contributed by atoms with Crippen molar-refractivity contribution in [3.05, 3.63) is 47.5 Å². The molecular weight excluding hydrogens is 378 g/mol. The second-order valence-electron chi connectivity index (χ2n) is 6.72. The molecule has 0 saturated carbocycles. The van der Waals surface area contributed by atoms with Crippen LogP contribution in [0.2, 0.25) is 0 Å². The molecule has 0 aromatic heterocycles. The number of amides is 1. The van der Waals surface area contributed by atoms with Gasteiger partial charge in [0.1, 0.15) is 6.04 Å². The van der Waals surface area contributed by atoms with Crippen LogP contribution in [0.25, 0.3) is 0 Å². The fourth-order valence-corrected chi connectivity index (χ4v) is 3.55. The van der Waals surface area contributed by atoms with Gasteiger partial charge in [-0.1, -0.05) is 12.1 Å². The molecule has 0 bridgehead atoms. The first-order chi connectivity index (χ1) is 13.0. The molecular formula is C21H28ClN3O3. The molecule has 1 heterocycles. The summed E-state index contributed by atoms with van der Waals surface area (Å²) in [7, 11) is 3.20. The highest BCUT2D eigenvalue weighted by Gasteiger charge is 2.26. The van der Waals surface area contributed by atoms with Gasteiger partial charge in [-0.2, -0.15) is 0 Å². The largest absolute Gasteiger partial charge is 0.493 e. The number of rotatable bonds is 6. The van der Waals surface area contributed by atoms with Gasteiger partial charge in [-0.15, -0.1) is 12.4 Å². The van der Waals surface area contributed by atoms with Crippen LogP contribution in [0.4, 0.5) is 11.4 Å². The molecule has 2 aromatic rings. The Kier molecular flexibility index (Phi) is 7.40. The summed E-state index contributed by atoms with van der Waals surface area (Å²) in [5.41, 5.74) is 10.1. The van der Waals surface area contributed by atoms with Gasteiger partial charge in [-0.3, -0.25) is 4.79 Å². The summed E-state index contributed by atoms with van der Waals surface area (Å²) in [6.07, 6.45) is 1.95. The minimum absolute atomic E-state index is 0. The minimum atomic E-state index is -0.272. The van der Waals surface area contributed by atoms with E-state index in [0.717, 1.165) is 41.9 Å². The van der Waals surface area contributed by atoms with Crippen LogP contribution in [0.5, 0.6) is 11.5 Å². The summed E-state index contributed by atoms with van der Waals surface area (Å²) >= 11 is 0. The molecule has 0 spiro atoms. The third-order valence-electron chi connectivity index (χ3n) is 5.08. The van der Waals surface area contributed by atoms with Crippen molar-refractivity contribution in [1.29, 1.82) is 0 Å². The maximum absolute atomic E-state index is 12.7. The number of fused-ring (bicyclic) bond motifs is 1. The van der Waals surface area contributed by atoms with E-state index in [1.807, 2.05) is 43.3 Å². The van der Waals surface area contributed by atoms with Gasteiger partial charge in [0.2, 0.25) is 5.91 Å². The lowest BCUT2D eigenvalue weighted by atomic mass is 9.98. The Morgan fingerprint density at radius 3 is 2.68 bits per heavy atom. The number of hydrogen-bond donors (Lipinski definition) is 2. The van der Waals surface area contributed by atoms with Gasteiger partial charge in [0.25, 0.3) is 0 Å². The van der Waals surface area contributed by atoms with Crippen LogP contribution < -0.4 is 25.4 Å². The van der Waals surface area contributed by atoms with Gasteiger partial charge in [-0.05, 0) is 55.2 Å². The van der Waals surface area contributed by atoms with Gasteiger partial charge in [0, 0.05) is 24.5 Å². The number of nitrogen functional groups attached to an aromatic ring is 1. The van der Waals surface area contributed by atoms with Crippen LogP contribution in [0, 0.1) is 0 Å². The van der Waals surface area contributed by atoms with Crippen molar-refractivity contribution in [2.45, 2.75) is 32.4 Å². The van der Waals surface area contributed by atoms with Crippen molar-refractivity contribution in [3.63, 3.8) is 0 Å². The lowest BCUT2D eigenvalue weighted by Crippen LogP contribution is -2.47. The number of ether oxygens (including phenoxy) is 2. The zero-order valence-corrected chi connectivity index (χ0v) is 17.3. The summed E-state index contributed by atoms with van der Waals surface area (Å²) in [6, 6.07) is 11.3. The quantitative estimate of drug-likeness (QED) is 0.722. The number of nitrogens with one attached hydrogen (secondary N) is 1. The van der Waals surface area contributed by atoms with E-state index in [2.05, 4.69) is 10.2 Å². The lowest BCUT2D eigenvalue weighted by Gasteiger charge is -2.36. The maximum Gasteiger partial charge on any atom is 0.242 e. The van der Waals surface area contributed by atoms with E-state index >= 15 is 0 Å². The molecule has 7 heteroatoms. The number of hydrogen-bond acceptors (Lipinski definition) is 5. The van der Waals surface area contributed by atoms with Crippen LogP contribution >= 0.6 is 12.4 Å². The Hall–Kier alpha value is -2.60. The summed E-state index contributed by atoms with van der Waals surface area (Å²) < 4.78 is 10.6. The number of benzene rings is 2. The van der Waals surface area contributed by atoms with Crippen molar-refractivity contribution in [2.75, 3.05) is 31.4 Å². The molecule has 0 radical (unpaired) electrons. The average Bonchev–Trinajstić information content (AvgIpc) is 2.71. The number of anilines is 2. The topological polar surface area (TPSA) is 76.8 Å². The first-order valence-corrected chi connectivity index (χ1v) is 9.17. The highest BCUT2D eigenvalue weighted by Crippen LogP contribution is 2.32. The van der Waals surface area contributed by atoms with Gasteiger partial charge >= 0.3 is 0 Å². The van der Waals surface area contributed by atoms with E-state index < -0.39 is 0 Å². The normalized spacial score (nSPS) is 13.8. The Labute approximate surface area is 172 Å². The predicted molar refractivity (Wildman–Crippen MR) is 115 cm³/mol. The van der Waals surface area contributed by atoms with Crippen molar-refractivity contribution in [1.82, 2.24) is 5.32 Å². The molecule has 1 atom stereocenters. The molecule has 6 nitrogen and oxygen atoms in total. The number of carbonyl (C=O) groups is 1. The number of halogens is 1. The molecule has 1 aliphatic heterocycles. The Bertz CT molecular complexity index is 829. The number of methoxy groups -OCH3 is 2. The molecule has 2 aromatic carbocycles. The van der Waals surface area contributed by atoms with Gasteiger partial charge in [0.05, 0.1) is 14.2 Å². The molecule has 28 heavy (non-hydrogen) atoms. The zero-order valence-electron chi connectivity index (χ0n) is 16.5. The maximum atomic E-state index is 12.7. The molecule has 3 N–H and O–H groups in total. The van der Waals surface area contributed by atoms with Crippen LogP contribution in [0.1, 0.15) is 24.5 Å². The lowest BCUT2D eigenvalue weighted by molar-refractivity contribution is -0.122. The third kappa shape index (κ3) is 4.44. The minimum Gasteiger partial charge on any atom is -0.493 e. The standard InChI is InChI=1S/C21H27N3O3.ClH/c1-14(24-11-5-6-16-17(22)7-4-8-18(16)24)21(25)23-13-15-9-10-19(26-2)20(12-15)27-3;/h4,7-10,12,14H,5-6,11,13,22H2,1-3H3,(H,23,25);1H. The van der Waals surface area contributed by atoms with E-state index in [1.54, 1.807) is 14.2 Å². The van der Waals surface area contributed by atoms with E-state index in [4.69, 9.17) is 15.2 Å². The van der Waals surface area contributed by atoms with Crippen molar-refractivity contribution >= 4 is 29.7 Å². The predicted octanol–water partition coefficient (Wildman–Crippen LogP) is 3.17. The molecule has 0 saturated heterocycles. The molecule has 1 unspecified atom stereocenters. The van der Waals surface area contributed by atoms with Gasteiger partial charge in [-0.25, -0.2) is 0 Å². The highest BCUT2D eigenvalue weighted by molar-refractivity contribution is 5.86. The Morgan fingerprint density at radius 2 is 1.96 bits per heavy atom. The Morgan fingerprint density at radius 1 is 1.21 bits per heavy atom. The third-order valence-corrected chi connectivity index (χ3v) is 5.08. The van der Waals surface area contributed by atoms with E-state index in [-0.39, 0.29) is 24.4 Å². The summed E-state index contributed by atoms with van der Waals surface area (Å²) in [4.78, 5) is 14.9. The average molecular weight is 406 g/mol. The van der Waals surface area contributed by atoms with Crippen LogP contribution in [-0.2, 0) is 17.8 Å². The van der Waals surface area contributed by atoms with E-state index in [9.17, 15) is 4.79 Å². The van der Waals surface area contributed by atoms with Crippen molar-refractivity contribution in [2.24, 2.45) is 0 Å². The van der Waals surface area contributed by atoms with Crippen LogP contribution in [-0.4, -0.2) is 32.7 Å². The molecule has 3 rings (SSSR count). The second kappa shape index (κ2) is 9.55. The monoisotopic (exact) mass is 405 g/mol. The number of carbonyl (C=O) groups excluding carboxylic acids is 1. The van der Waals surface area contributed by atoms with E-state index in [1.165, 1.54) is 0 Å². The SMILES string of the molecule is COc1ccc(CNC(=O)C(C)N2CCCc3c(N)cccc32)cc1OC.Cl. The van der Waals surface area contributed by atoms with Crippen LogP contribution in [0.3, 0.4) is 0 Å². The summed E-state index contributed by atoms with van der Waals surface area (Å²) in [5, 5.41) is 3.02. The van der Waals surface area contributed by atoms with Crippen LogP contribution in [0.15, 0.2) is 36.4 Å². The molecule has 0 fully saturated rings. The van der Waals surface area contributed by atoms with Crippen molar-refractivity contribution in [3.8, 4) is 11.5 Å². The number of nitrogens with two attached hydrogens (primary N) is 1. The fourth-order valence-electron chi connectivity index (χ4n) is 3.55. The Balaban J connectivity index is 0.00000280. The smallest absolute Gasteiger partial charge is 0.242 e. The highest BCUT2D eigenvalue weighted by atomic mass is 35.5. The second-order valence-corrected chi connectivity index (χ2v) is 6.72. The first-order valence-electron chi connectivity index (χ1n) is 9.17.